The summed E-state index contributed by atoms with van der Waals surface area (Å²) in [6.45, 7) is 6.25. The SMILES string of the molecule is Cc1cc(C)c(NC(=O)C[C@@H]2C[C@H]3CC[C@H]2C3)c(C)c1. The summed E-state index contributed by atoms with van der Waals surface area (Å²) in [6.07, 6.45) is 6.13. The van der Waals surface area contributed by atoms with Crippen LogP contribution in [0.2, 0.25) is 0 Å². The topological polar surface area (TPSA) is 29.1 Å². The molecule has 3 atom stereocenters. The molecule has 0 spiro atoms. The molecule has 20 heavy (non-hydrogen) atoms. The van der Waals surface area contributed by atoms with Gasteiger partial charge in [0.05, 0.1) is 0 Å². The summed E-state index contributed by atoms with van der Waals surface area (Å²) in [7, 11) is 0. The van der Waals surface area contributed by atoms with Crippen LogP contribution < -0.4 is 5.32 Å². The Morgan fingerprint density at radius 1 is 1.15 bits per heavy atom. The van der Waals surface area contributed by atoms with E-state index >= 15 is 0 Å². The van der Waals surface area contributed by atoms with E-state index in [1.807, 2.05) is 0 Å². The molecule has 0 radical (unpaired) electrons. The first-order valence-electron chi connectivity index (χ1n) is 7.90. The minimum Gasteiger partial charge on any atom is -0.326 e. The van der Waals surface area contributed by atoms with Crippen molar-refractivity contribution in [2.24, 2.45) is 17.8 Å². The van der Waals surface area contributed by atoms with Crippen molar-refractivity contribution in [2.45, 2.75) is 52.9 Å². The average Bonchev–Trinajstić information content (AvgIpc) is 2.95. The lowest BCUT2D eigenvalue weighted by Crippen LogP contribution is -2.21. The third-order valence-corrected chi connectivity index (χ3v) is 5.27. The van der Waals surface area contributed by atoms with Crippen LogP contribution in [0.4, 0.5) is 5.69 Å². The van der Waals surface area contributed by atoms with E-state index < -0.39 is 0 Å². The number of hydrogen-bond donors (Lipinski definition) is 1. The van der Waals surface area contributed by atoms with Gasteiger partial charge in [-0.2, -0.15) is 0 Å². The molecule has 0 aliphatic heterocycles. The van der Waals surface area contributed by atoms with Crippen molar-refractivity contribution in [2.75, 3.05) is 5.32 Å². The van der Waals surface area contributed by atoms with Crippen molar-refractivity contribution in [3.63, 3.8) is 0 Å². The highest BCUT2D eigenvalue weighted by atomic mass is 16.1. The van der Waals surface area contributed by atoms with Gasteiger partial charge in [-0.3, -0.25) is 4.79 Å². The second-order valence-corrected chi connectivity index (χ2v) is 6.96. The smallest absolute Gasteiger partial charge is 0.224 e. The Balaban J connectivity index is 1.65. The third kappa shape index (κ3) is 2.61. The van der Waals surface area contributed by atoms with Crippen LogP contribution in [0, 0.1) is 38.5 Å². The Kier molecular flexibility index (Phi) is 3.57. The van der Waals surface area contributed by atoms with Crippen molar-refractivity contribution in [3.8, 4) is 0 Å². The molecule has 2 nitrogen and oxygen atoms in total. The van der Waals surface area contributed by atoms with Crippen LogP contribution in [0.1, 0.15) is 48.8 Å². The van der Waals surface area contributed by atoms with Crippen molar-refractivity contribution >= 4 is 11.6 Å². The minimum atomic E-state index is 0.206. The number of fused-ring (bicyclic) bond motifs is 2. The van der Waals surface area contributed by atoms with Gasteiger partial charge in [0, 0.05) is 12.1 Å². The fraction of sp³-hybridized carbons (Fsp3) is 0.611. The normalized spacial score (nSPS) is 27.9. The van der Waals surface area contributed by atoms with Crippen LogP contribution in [0.25, 0.3) is 0 Å². The maximum Gasteiger partial charge on any atom is 0.224 e. The Morgan fingerprint density at radius 3 is 2.40 bits per heavy atom. The lowest BCUT2D eigenvalue weighted by molar-refractivity contribution is -0.117. The highest BCUT2D eigenvalue weighted by Gasteiger charge is 2.40. The molecule has 0 aromatic heterocycles. The molecular weight excluding hydrogens is 246 g/mol. The van der Waals surface area contributed by atoms with E-state index in [1.165, 1.54) is 42.4 Å². The number of aryl methyl sites for hydroxylation is 3. The van der Waals surface area contributed by atoms with Crippen molar-refractivity contribution in [1.82, 2.24) is 0 Å². The van der Waals surface area contributed by atoms with Gasteiger partial charge in [-0.1, -0.05) is 24.1 Å². The van der Waals surface area contributed by atoms with Crippen molar-refractivity contribution in [3.05, 3.63) is 28.8 Å². The van der Waals surface area contributed by atoms with Gasteiger partial charge in [-0.15, -0.1) is 0 Å². The zero-order valence-electron chi connectivity index (χ0n) is 12.8. The molecule has 0 saturated heterocycles. The number of hydrogen-bond acceptors (Lipinski definition) is 1. The van der Waals surface area contributed by atoms with Gasteiger partial charge >= 0.3 is 0 Å². The Hall–Kier alpha value is -1.31. The highest BCUT2D eigenvalue weighted by Crippen LogP contribution is 2.49. The third-order valence-electron chi connectivity index (χ3n) is 5.27. The van der Waals surface area contributed by atoms with Crippen LogP contribution >= 0.6 is 0 Å². The summed E-state index contributed by atoms with van der Waals surface area (Å²) >= 11 is 0. The molecule has 2 aliphatic carbocycles. The summed E-state index contributed by atoms with van der Waals surface area (Å²) < 4.78 is 0. The lowest BCUT2D eigenvalue weighted by atomic mass is 9.86. The average molecular weight is 271 g/mol. The van der Waals surface area contributed by atoms with E-state index in [2.05, 4.69) is 38.2 Å². The number of anilines is 1. The number of amides is 1. The zero-order chi connectivity index (χ0) is 14.3. The quantitative estimate of drug-likeness (QED) is 0.868. The molecular formula is C18H25NO. The maximum absolute atomic E-state index is 12.3. The molecule has 2 heteroatoms. The molecule has 1 aromatic rings. The first-order chi connectivity index (χ1) is 9.52. The van der Waals surface area contributed by atoms with E-state index in [1.54, 1.807) is 0 Å². The molecule has 2 saturated carbocycles. The number of carbonyl (C=O) groups is 1. The largest absolute Gasteiger partial charge is 0.326 e. The van der Waals surface area contributed by atoms with Gasteiger partial charge in [0.25, 0.3) is 0 Å². The Labute approximate surface area is 122 Å². The molecule has 1 aromatic carbocycles. The van der Waals surface area contributed by atoms with Crippen LogP contribution in [0.5, 0.6) is 0 Å². The number of carbonyl (C=O) groups excluding carboxylic acids is 1. The summed E-state index contributed by atoms with van der Waals surface area (Å²) in [5.41, 5.74) is 4.61. The summed E-state index contributed by atoms with van der Waals surface area (Å²) in [5, 5.41) is 3.15. The summed E-state index contributed by atoms with van der Waals surface area (Å²) in [4.78, 5) is 12.3. The van der Waals surface area contributed by atoms with Crippen LogP contribution in [0.3, 0.4) is 0 Å². The molecule has 2 bridgehead atoms. The van der Waals surface area contributed by atoms with Crippen LogP contribution in [-0.4, -0.2) is 5.91 Å². The number of rotatable bonds is 3. The van der Waals surface area contributed by atoms with Gasteiger partial charge in [0.15, 0.2) is 0 Å². The predicted octanol–water partition coefficient (Wildman–Crippen LogP) is 4.38. The van der Waals surface area contributed by atoms with E-state index in [-0.39, 0.29) is 5.91 Å². The van der Waals surface area contributed by atoms with Gasteiger partial charge in [-0.05, 0) is 68.9 Å². The van der Waals surface area contributed by atoms with Gasteiger partial charge in [0.1, 0.15) is 0 Å². The molecule has 2 aliphatic rings. The molecule has 1 amide bonds. The van der Waals surface area contributed by atoms with Gasteiger partial charge in [-0.25, -0.2) is 0 Å². The van der Waals surface area contributed by atoms with Crippen molar-refractivity contribution in [1.29, 1.82) is 0 Å². The van der Waals surface area contributed by atoms with Crippen LogP contribution in [-0.2, 0) is 4.79 Å². The highest BCUT2D eigenvalue weighted by molar-refractivity contribution is 5.92. The van der Waals surface area contributed by atoms with Gasteiger partial charge in [0.2, 0.25) is 5.91 Å². The van der Waals surface area contributed by atoms with E-state index in [9.17, 15) is 4.79 Å². The Morgan fingerprint density at radius 2 is 1.85 bits per heavy atom. The van der Waals surface area contributed by atoms with E-state index in [4.69, 9.17) is 0 Å². The summed E-state index contributed by atoms with van der Waals surface area (Å²) in [5.74, 6) is 2.59. The minimum absolute atomic E-state index is 0.206. The second-order valence-electron chi connectivity index (χ2n) is 6.96. The van der Waals surface area contributed by atoms with Crippen LogP contribution in [0.15, 0.2) is 12.1 Å². The lowest BCUT2D eigenvalue weighted by Gasteiger charge is -2.21. The maximum atomic E-state index is 12.3. The van der Waals surface area contributed by atoms with Gasteiger partial charge < -0.3 is 5.32 Å². The second kappa shape index (κ2) is 5.23. The molecule has 0 heterocycles. The number of benzene rings is 1. The molecule has 0 unspecified atom stereocenters. The molecule has 3 rings (SSSR count). The van der Waals surface area contributed by atoms with E-state index in [0.717, 1.165) is 17.5 Å². The zero-order valence-corrected chi connectivity index (χ0v) is 12.8. The van der Waals surface area contributed by atoms with E-state index in [0.29, 0.717) is 12.3 Å². The molecule has 2 fully saturated rings. The summed E-state index contributed by atoms with van der Waals surface area (Å²) in [6, 6.07) is 4.28. The Bertz CT molecular complexity index is 511. The predicted molar refractivity (Wildman–Crippen MR) is 82.8 cm³/mol. The van der Waals surface area contributed by atoms with Crippen molar-refractivity contribution < 1.29 is 4.79 Å². The fourth-order valence-electron chi connectivity index (χ4n) is 4.43. The molecule has 108 valence electrons. The first kappa shape index (κ1) is 13.7. The molecule has 1 N–H and O–H groups in total. The fourth-order valence-corrected chi connectivity index (χ4v) is 4.43. The first-order valence-corrected chi connectivity index (χ1v) is 7.90. The standard InChI is InChI=1S/C18H25NO/c1-11-6-12(2)18(13(3)7-11)19-17(20)10-16-9-14-4-5-15(16)8-14/h6-7,14-16H,4-5,8-10H2,1-3H3,(H,19,20)/t14-,15-,16-/m0/s1. The monoisotopic (exact) mass is 271 g/mol. The number of nitrogens with one attached hydrogen (secondary N) is 1.